The number of anilines is 1. The van der Waals surface area contributed by atoms with Gasteiger partial charge in [0.2, 0.25) is 5.91 Å². The van der Waals surface area contributed by atoms with Crippen molar-refractivity contribution >= 4 is 17.5 Å². The lowest BCUT2D eigenvalue weighted by Crippen LogP contribution is -2.55. The van der Waals surface area contributed by atoms with Crippen molar-refractivity contribution in [2.24, 2.45) is 0 Å². The molecular weight excluding hydrogens is 388 g/mol. The van der Waals surface area contributed by atoms with Gasteiger partial charge in [-0.2, -0.15) is 0 Å². The fourth-order valence-electron chi connectivity index (χ4n) is 3.83. The number of aromatic nitrogens is 1. The molecule has 1 aromatic heterocycles. The number of benzene rings is 2. The Morgan fingerprint density at radius 3 is 2.19 bits per heavy atom. The summed E-state index contributed by atoms with van der Waals surface area (Å²) in [5.41, 5.74) is 2.62. The number of amides is 2. The van der Waals surface area contributed by atoms with Crippen LogP contribution in [0.1, 0.15) is 15.9 Å². The predicted molar refractivity (Wildman–Crippen MR) is 121 cm³/mol. The minimum atomic E-state index is -0.626. The van der Waals surface area contributed by atoms with Crippen LogP contribution in [0, 0.1) is 0 Å². The van der Waals surface area contributed by atoms with Crippen LogP contribution >= 0.6 is 0 Å². The van der Waals surface area contributed by atoms with Crippen LogP contribution in [0.25, 0.3) is 0 Å². The zero-order chi connectivity index (χ0) is 21.5. The zero-order valence-corrected chi connectivity index (χ0v) is 17.4. The predicted octanol–water partition coefficient (Wildman–Crippen LogP) is 2.77. The fourth-order valence-corrected chi connectivity index (χ4v) is 3.83. The monoisotopic (exact) mass is 414 g/mol. The highest BCUT2D eigenvalue weighted by atomic mass is 16.2. The average Bonchev–Trinajstić information content (AvgIpc) is 2.85. The maximum Gasteiger partial charge on any atom is 0.253 e. The van der Waals surface area contributed by atoms with E-state index < -0.39 is 6.04 Å². The number of nitrogens with one attached hydrogen (secondary N) is 1. The van der Waals surface area contributed by atoms with E-state index >= 15 is 0 Å². The molecule has 0 bridgehead atoms. The number of hydrogen-bond acceptors (Lipinski definition) is 4. The number of carbonyl (C=O) groups is 2. The largest absolute Gasteiger partial charge is 0.368 e. The highest BCUT2D eigenvalue weighted by Crippen LogP contribution is 2.17. The van der Waals surface area contributed by atoms with Crippen LogP contribution in [0.15, 0.2) is 85.2 Å². The lowest BCUT2D eigenvalue weighted by Gasteiger charge is -2.37. The molecule has 1 aliphatic rings. The maximum absolute atomic E-state index is 13.4. The van der Waals surface area contributed by atoms with Crippen LogP contribution in [-0.2, 0) is 11.2 Å². The number of para-hydroxylation sites is 1. The molecule has 1 saturated heterocycles. The SMILES string of the molecule is O=C(N[C@@H](Cc1ccccc1)C(=O)N1CCN(c2ccccc2)CC1)c1cccnc1. The van der Waals surface area contributed by atoms with Crippen LogP contribution in [-0.4, -0.2) is 53.9 Å². The molecule has 0 spiro atoms. The van der Waals surface area contributed by atoms with Crippen LogP contribution in [0.2, 0.25) is 0 Å². The first-order valence-electron chi connectivity index (χ1n) is 10.5. The maximum atomic E-state index is 13.4. The molecule has 2 amide bonds. The summed E-state index contributed by atoms with van der Waals surface area (Å²) < 4.78 is 0. The van der Waals surface area contributed by atoms with Crippen molar-refractivity contribution in [2.75, 3.05) is 31.1 Å². The lowest BCUT2D eigenvalue weighted by atomic mass is 10.0. The van der Waals surface area contributed by atoms with Crippen molar-refractivity contribution in [3.05, 3.63) is 96.3 Å². The number of rotatable bonds is 6. The van der Waals surface area contributed by atoms with E-state index in [0.29, 0.717) is 25.1 Å². The Kier molecular flexibility index (Phi) is 6.57. The van der Waals surface area contributed by atoms with Crippen LogP contribution in [0.3, 0.4) is 0 Å². The lowest BCUT2D eigenvalue weighted by molar-refractivity contribution is -0.133. The van der Waals surface area contributed by atoms with Gasteiger partial charge < -0.3 is 15.1 Å². The summed E-state index contributed by atoms with van der Waals surface area (Å²) in [6.07, 6.45) is 3.58. The van der Waals surface area contributed by atoms with Gasteiger partial charge in [-0.25, -0.2) is 0 Å². The minimum Gasteiger partial charge on any atom is -0.368 e. The molecular formula is C25H26N4O2. The molecule has 0 aliphatic carbocycles. The third-order valence-corrected chi connectivity index (χ3v) is 5.52. The third-order valence-electron chi connectivity index (χ3n) is 5.52. The second-order valence-corrected chi connectivity index (χ2v) is 7.61. The van der Waals surface area contributed by atoms with E-state index in [2.05, 4.69) is 27.3 Å². The minimum absolute atomic E-state index is 0.0474. The Bertz CT molecular complexity index is 988. The normalized spacial score (nSPS) is 14.7. The summed E-state index contributed by atoms with van der Waals surface area (Å²) >= 11 is 0. The van der Waals surface area contributed by atoms with Gasteiger partial charge in [0.15, 0.2) is 0 Å². The number of piperazine rings is 1. The van der Waals surface area contributed by atoms with Gasteiger partial charge in [-0.05, 0) is 29.8 Å². The van der Waals surface area contributed by atoms with Crippen molar-refractivity contribution in [3.63, 3.8) is 0 Å². The molecule has 0 unspecified atom stereocenters. The van der Waals surface area contributed by atoms with Gasteiger partial charge >= 0.3 is 0 Å². The van der Waals surface area contributed by atoms with Gasteiger partial charge in [0.25, 0.3) is 5.91 Å². The highest BCUT2D eigenvalue weighted by Gasteiger charge is 2.29. The molecule has 6 nitrogen and oxygen atoms in total. The molecule has 3 aromatic rings. The molecule has 1 atom stereocenters. The highest BCUT2D eigenvalue weighted by molar-refractivity contribution is 5.97. The number of nitrogens with zero attached hydrogens (tertiary/aromatic N) is 3. The van der Waals surface area contributed by atoms with Gasteiger partial charge in [-0.1, -0.05) is 48.5 Å². The molecule has 4 rings (SSSR count). The van der Waals surface area contributed by atoms with Crippen molar-refractivity contribution in [1.82, 2.24) is 15.2 Å². The van der Waals surface area contributed by atoms with Crippen molar-refractivity contribution in [1.29, 1.82) is 0 Å². The smallest absolute Gasteiger partial charge is 0.253 e. The Balaban J connectivity index is 1.45. The Labute approximate surface area is 182 Å². The van der Waals surface area contributed by atoms with Crippen molar-refractivity contribution in [2.45, 2.75) is 12.5 Å². The number of pyridine rings is 1. The molecule has 0 radical (unpaired) electrons. The van der Waals surface area contributed by atoms with Gasteiger partial charge in [0, 0.05) is 50.7 Å². The summed E-state index contributed by atoms with van der Waals surface area (Å²) in [6.45, 7) is 2.79. The number of carbonyl (C=O) groups excluding carboxylic acids is 2. The van der Waals surface area contributed by atoms with Crippen LogP contribution in [0.4, 0.5) is 5.69 Å². The summed E-state index contributed by atoms with van der Waals surface area (Å²) in [4.78, 5) is 34.3. The van der Waals surface area contributed by atoms with E-state index in [-0.39, 0.29) is 11.8 Å². The standard InChI is InChI=1S/C25H26N4O2/c30-24(21-10-7-13-26-19-21)27-23(18-20-8-3-1-4-9-20)25(31)29-16-14-28(15-17-29)22-11-5-2-6-12-22/h1-13,19,23H,14-18H2,(H,27,30)/t23-/m0/s1. The molecule has 1 N–H and O–H groups in total. The molecule has 1 aliphatic heterocycles. The van der Waals surface area contributed by atoms with E-state index in [0.717, 1.165) is 18.7 Å². The first-order chi connectivity index (χ1) is 15.2. The van der Waals surface area contributed by atoms with E-state index in [9.17, 15) is 9.59 Å². The summed E-state index contributed by atoms with van der Waals surface area (Å²) in [5.74, 6) is -0.334. The Hall–Kier alpha value is -3.67. The van der Waals surface area contributed by atoms with E-state index in [1.165, 1.54) is 11.9 Å². The molecule has 2 heterocycles. The molecule has 6 heteroatoms. The van der Waals surface area contributed by atoms with E-state index in [1.54, 1.807) is 18.3 Å². The first-order valence-corrected chi connectivity index (χ1v) is 10.5. The quantitative estimate of drug-likeness (QED) is 0.674. The Morgan fingerprint density at radius 2 is 1.55 bits per heavy atom. The van der Waals surface area contributed by atoms with Gasteiger partial charge in [-0.15, -0.1) is 0 Å². The number of hydrogen-bond donors (Lipinski definition) is 1. The molecule has 158 valence electrons. The summed E-state index contributed by atoms with van der Waals surface area (Å²) in [6, 6.07) is 22.8. The second-order valence-electron chi connectivity index (χ2n) is 7.61. The van der Waals surface area contributed by atoms with Crippen molar-refractivity contribution in [3.8, 4) is 0 Å². The molecule has 2 aromatic carbocycles. The van der Waals surface area contributed by atoms with Crippen LogP contribution < -0.4 is 10.2 Å². The third kappa shape index (κ3) is 5.28. The molecule has 0 saturated carbocycles. The van der Waals surface area contributed by atoms with E-state index in [1.807, 2.05) is 53.4 Å². The second kappa shape index (κ2) is 9.89. The van der Waals surface area contributed by atoms with Gasteiger partial charge in [-0.3, -0.25) is 14.6 Å². The summed E-state index contributed by atoms with van der Waals surface area (Å²) in [5, 5.41) is 2.94. The van der Waals surface area contributed by atoms with Gasteiger partial charge in [0.1, 0.15) is 6.04 Å². The fraction of sp³-hybridized carbons (Fsp3) is 0.240. The summed E-state index contributed by atoms with van der Waals surface area (Å²) in [7, 11) is 0. The zero-order valence-electron chi connectivity index (χ0n) is 17.4. The molecule has 1 fully saturated rings. The van der Waals surface area contributed by atoms with E-state index in [4.69, 9.17) is 0 Å². The Morgan fingerprint density at radius 1 is 0.871 bits per heavy atom. The topological polar surface area (TPSA) is 65.5 Å². The van der Waals surface area contributed by atoms with Crippen LogP contribution in [0.5, 0.6) is 0 Å². The average molecular weight is 415 g/mol. The first kappa shape index (κ1) is 20.6. The molecule has 31 heavy (non-hydrogen) atoms. The van der Waals surface area contributed by atoms with Crippen molar-refractivity contribution < 1.29 is 9.59 Å². The van der Waals surface area contributed by atoms with Gasteiger partial charge in [0.05, 0.1) is 5.56 Å².